The smallest absolute Gasteiger partial charge is 0.264 e. The van der Waals surface area contributed by atoms with Gasteiger partial charge in [-0.05, 0) is 35.4 Å². The molecule has 1 amide bonds. The van der Waals surface area contributed by atoms with Gasteiger partial charge in [-0.3, -0.25) is 4.79 Å². The van der Waals surface area contributed by atoms with Gasteiger partial charge in [0.2, 0.25) is 0 Å². The maximum Gasteiger partial charge on any atom is 0.264 e. The van der Waals surface area contributed by atoms with Crippen LogP contribution in [-0.2, 0) is 11.2 Å². The standard InChI is InChI=1S/C17H17NO2S/c19-17(18-7-9-20-10-8-18)15-11-13-6-5-12-3-1-2-4-14(12)16(13)21-15/h2,4-6,11H,1,3,7-10H2. The van der Waals surface area contributed by atoms with Gasteiger partial charge in [-0.15, -0.1) is 11.3 Å². The van der Waals surface area contributed by atoms with E-state index in [1.807, 2.05) is 11.0 Å². The van der Waals surface area contributed by atoms with Crippen LogP contribution in [0.5, 0.6) is 0 Å². The zero-order valence-corrected chi connectivity index (χ0v) is 12.6. The Kier molecular flexibility index (Phi) is 3.28. The number of thiophene rings is 1. The molecule has 0 bridgehead atoms. The molecule has 1 aromatic heterocycles. The molecule has 2 aliphatic rings. The van der Waals surface area contributed by atoms with Crippen molar-refractivity contribution in [3.8, 4) is 0 Å². The summed E-state index contributed by atoms with van der Waals surface area (Å²) in [6.07, 6.45) is 6.65. The largest absolute Gasteiger partial charge is 0.378 e. The van der Waals surface area contributed by atoms with Crippen LogP contribution in [0.2, 0.25) is 0 Å². The SMILES string of the molecule is O=C(c1cc2ccc3c(c2s1)C=CCC3)N1CCOCC1. The highest BCUT2D eigenvalue weighted by Crippen LogP contribution is 2.34. The molecule has 0 N–H and O–H groups in total. The molecule has 4 rings (SSSR count). The van der Waals surface area contributed by atoms with Gasteiger partial charge in [0.1, 0.15) is 0 Å². The van der Waals surface area contributed by atoms with Crippen molar-refractivity contribution in [1.29, 1.82) is 0 Å². The number of fused-ring (bicyclic) bond motifs is 3. The van der Waals surface area contributed by atoms with Gasteiger partial charge in [0, 0.05) is 17.8 Å². The topological polar surface area (TPSA) is 29.5 Å². The Morgan fingerprint density at radius 2 is 2.10 bits per heavy atom. The van der Waals surface area contributed by atoms with Gasteiger partial charge in [0.05, 0.1) is 18.1 Å². The normalized spacial score (nSPS) is 18.0. The number of morpholine rings is 1. The number of rotatable bonds is 1. The molecule has 1 fully saturated rings. The number of aryl methyl sites for hydroxylation is 1. The van der Waals surface area contributed by atoms with Crippen molar-refractivity contribution >= 4 is 33.4 Å². The summed E-state index contributed by atoms with van der Waals surface area (Å²) in [7, 11) is 0. The summed E-state index contributed by atoms with van der Waals surface area (Å²) in [4.78, 5) is 15.3. The lowest BCUT2D eigenvalue weighted by Gasteiger charge is -2.26. The van der Waals surface area contributed by atoms with Crippen molar-refractivity contribution in [3.05, 3.63) is 40.3 Å². The number of hydrogen-bond acceptors (Lipinski definition) is 3. The molecule has 21 heavy (non-hydrogen) atoms. The van der Waals surface area contributed by atoms with Gasteiger partial charge in [0.25, 0.3) is 5.91 Å². The van der Waals surface area contributed by atoms with E-state index < -0.39 is 0 Å². The molecule has 3 nitrogen and oxygen atoms in total. The Labute approximate surface area is 127 Å². The quantitative estimate of drug-likeness (QED) is 0.808. The van der Waals surface area contributed by atoms with Crippen molar-refractivity contribution in [3.63, 3.8) is 0 Å². The minimum absolute atomic E-state index is 0.146. The second kappa shape index (κ2) is 5.28. The van der Waals surface area contributed by atoms with Gasteiger partial charge in [0.15, 0.2) is 0 Å². The first-order valence-electron chi connectivity index (χ1n) is 7.42. The average molecular weight is 299 g/mol. The first-order valence-corrected chi connectivity index (χ1v) is 8.23. The van der Waals surface area contributed by atoms with E-state index in [1.54, 1.807) is 11.3 Å². The van der Waals surface area contributed by atoms with E-state index in [0.717, 1.165) is 17.7 Å². The third-order valence-corrected chi connectivity index (χ3v) is 5.36. The zero-order chi connectivity index (χ0) is 14.2. The first kappa shape index (κ1) is 13.0. The van der Waals surface area contributed by atoms with Crippen LogP contribution in [0.15, 0.2) is 24.3 Å². The fourth-order valence-corrected chi connectivity index (χ4v) is 4.21. The summed E-state index contributed by atoms with van der Waals surface area (Å²) in [6.45, 7) is 2.69. The number of amides is 1. The first-order chi connectivity index (χ1) is 10.3. The third kappa shape index (κ3) is 2.28. The fraction of sp³-hybridized carbons (Fsp3) is 0.353. The molecule has 1 aliphatic heterocycles. The Bertz CT molecular complexity index is 726. The van der Waals surface area contributed by atoms with Gasteiger partial charge in [-0.2, -0.15) is 0 Å². The highest BCUT2D eigenvalue weighted by molar-refractivity contribution is 7.21. The van der Waals surface area contributed by atoms with E-state index in [4.69, 9.17) is 4.74 Å². The second-order valence-electron chi connectivity index (χ2n) is 5.51. The van der Waals surface area contributed by atoms with Gasteiger partial charge < -0.3 is 9.64 Å². The maximum absolute atomic E-state index is 12.6. The van der Waals surface area contributed by atoms with E-state index in [-0.39, 0.29) is 5.91 Å². The molecule has 0 spiro atoms. The Morgan fingerprint density at radius 1 is 1.24 bits per heavy atom. The lowest BCUT2D eigenvalue weighted by Crippen LogP contribution is -2.40. The van der Waals surface area contributed by atoms with Crippen molar-refractivity contribution in [2.75, 3.05) is 26.3 Å². The molecule has 0 unspecified atom stereocenters. The molecule has 108 valence electrons. The van der Waals surface area contributed by atoms with Crippen LogP contribution in [-0.4, -0.2) is 37.1 Å². The molecule has 4 heteroatoms. The van der Waals surface area contributed by atoms with E-state index in [9.17, 15) is 4.79 Å². The Morgan fingerprint density at radius 3 is 2.95 bits per heavy atom. The number of allylic oxidation sites excluding steroid dienone is 1. The lowest BCUT2D eigenvalue weighted by molar-refractivity contribution is 0.0306. The van der Waals surface area contributed by atoms with E-state index in [2.05, 4.69) is 24.3 Å². The predicted molar refractivity (Wildman–Crippen MR) is 85.9 cm³/mol. The minimum atomic E-state index is 0.146. The van der Waals surface area contributed by atoms with Crippen molar-refractivity contribution in [1.82, 2.24) is 4.90 Å². The molecule has 0 radical (unpaired) electrons. The van der Waals surface area contributed by atoms with Crippen LogP contribution in [0.1, 0.15) is 27.2 Å². The Balaban J connectivity index is 1.74. The number of carbonyl (C=O) groups is 1. The summed E-state index contributed by atoms with van der Waals surface area (Å²) in [6, 6.07) is 6.40. The van der Waals surface area contributed by atoms with E-state index in [1.165, 1.54) is 21.2 Å². The number of carbonyl (C=O) groups excluding carboxylic acids is 1. The zero-order valence-electron chi connectivity index (χ0n) is 11.8. The molecule has 1 aromatic carbocycles. The molecular formula is C17H17NO2S. The maximum atomic E-state index is 12.6. The number of ether oxygens (including phenoxy) is 1. The van der Waals surface area contributed by atoms with Crippen LogP contribution < -0.4 is 0 Å². The number of nitrogens with zero attached hydrogens (tertiary/aromatic N) is 1. The minimum Gasteiger partial charge on any atom is -0.378 e. The Hall–Kier alpha value is -1.65. The van der Waals surface area contributed by atoms with Crippen LogP contribution >= 0.6 is 11.3 Å². The molecular weight excluding hydrogens is 282 g/mol. The predicted octanol–water partition coefficient (Wildman–Crippen LogP) is 3.33. The summed E-state index contributed by atoms with van der Waals surface area (Å²) < 4.78 is 6.57. The molecule has 0 atom stereocenters. The van der Waals surface area contributed by atoms with Crippen LogP contribution in [0.4, 0.5) is 0 Å². The van der Waals surface area contributed by atoms with Gasteiger partial charge >= 0.3 is 0 Å². The molecule has 2 aromatic rings. The van der Waals surface area contributed by atoms with Crippen LogP contribution in [0, 0.1) is 0 Å². The van der Waals surface area contributed by atoms with Crippen molar-refractivity contribution in [2.24, 2.45) is 0 Å². The van der Waals surface area contributed by atoms with E-state index >= 15 is 0 Å². The highest BCUT2D eigenvalue weighted by atomic mass is 32.1. The van der Waals surface area contributed by atoms with Gasteiger partial charge in [-0.1, -0.05) is 24.3 Å². The van der Waals surface area contributed by atoms with Crippen molar-refractivity contribution in [2.45, 2.75) is 12.8 Å². The molecule has 1 saturated heterocycles. The lowest BCUT2D eigenvalue weighted by atomic mass is 9.96. The van der Waals surface area contributed by atoms with Crippen LogP contribution in [0.25, 0.3) is 16.2 Å². The third-order valence-electron chi connectivity index (χ3n) is 4.19. The average Bonchev–Trinajstić information content (AvgIpc) is 2.99. The fourth-order valence-electron chi connectivity index (χ4n) is 3.03. The molecule has 1 aliphatic carbocycles. The highest BCUT2D eigenvalue weighted by Gasteiger charge is 2.21. The van der Waals surface area contributed by atoms with Crippen molar-refractivity contribution < 1.29 is 9.53 Å². The summed E-state index contributed by atoms with van der Waals surface area (Å²) in [5.41, 5.74) is 2.71. The summed E-state index contributed by atoms with van der Waals surface area (Å²) in [5, 5.41) is 1.18. The number of hydrogen-bond donors (Lipinski definition) is 0. The molecule has 2 heterocycles. The monoisotopic (exact) mass is 299 g/mol. The summed E-state index contributed by atoms with van der Waals surface area (Å²) in [5.74, 6) is 0.146. The number of benzene rings is 1. The summed E-state index contributed by atoms with van der Waals surface area (Å²) >= 11 is 1.63. The van der Waals surface area contributed by atoms with Gasteiger partial charge in [-0.25, -0.2) is 0 Å². The molecule has 0 saturated carbocycles. The second-order valence-corrected chi connectivity index (χ2v) is 6.57. The van der Waals surface area contributed by atoms with Crippen LogP contribution in [0.3, 0.4) is 0 Å². The van der Waals surface area contributed by atoms with E-state index in [0.29, 0.717) is 26.3 Å².